The van der Waals surface area contributed by atoms with Gasteiger partial charge >= 0.3 is 5.97 Å². The predicted octanol–water partition coefficient (Wildman–Crippen LogP) is 1.59. The molecule has 2 rings (SSSR count). The highest BCUT2D eigenvalue weighted by Crippen LogP contribution is 2.16. The fourth-order valence-electron chi connectivity index (χ4n) is 1.62. The maximum absolute atomic E-state index is 11.9. The highest BCUT2D eigenvalue weighted by atomic mass is 79.9. The Morgan fingerprint density at radius 2 is 2.11 bits per heavy atom. The van der Waals surface area contributed by atoms with Crippen molar-refractivity contribution in [3.63, 3.8) is 0 Å². The number of halogens is 1. The van der Waals surface area contributed by atoms with Crippen molar-refractivity contribution in [3.8, 4) is 0 Å². The largest absolute Gasteiger partial charge is 0.455 e. The first-order valence-corrected chi connectivity index (χ1v) is 6.61. The van der Waals surface area contributed by atoms with Gasteiger partial charge in [-0.2, -0.15) is 0 Å². The quantitative estimate of drug-likeness (QED) is 0.620. The van der Waals surface area contributed by atoms with Crippen LogP contribution >= 0.6 is 15.9 Å². The molecule has 0 radical (unpaired) electrons. The molecule has 1 unspecified atom stereocenters. The van der Waals surface area contributed by atoms with Gasteiger partial charge in [0.05, 0.1) is 19.8 Å². The van der Waals surface area contributed by atoms with E-state index in [4.69, 9.17) is 14.2 Å². The molecular formula is C13H13BrO5. The number of hydrogen-bond acceptors (Lipinski definition) is 5. The molecule has 0 bridgehead atoms. The summed E-state index contributed by atoms with van der Waals surface area (Å²) in [6.07, 6.45) is -0.735. The van der Waals surface area contributed by atoms with Gasteiger partial charge in [-0.3, -0.25) is 4.79 Å². The summed E-state index contributed by atoms with van der Waals surface area (Å²) >= 11 is 3.27. The topological polar surface area (TPSA) is 61.8 Å². The van der Waals surface area contributed by atoms with Gasteiger partial charge in [0, 0.05) is 10.0 Å². The van der Waals surface area contributed by atoms with Gasteiger partial charge in [0.15, 0.2) is 12.7 Å². The summed E-state index contributed by atoms with van der Waals surface area (Å²) in [5.74, 6) is -0.836. The number of hydrogen-bond donors (Lipinski definition) is 0. The molecule has 1 aliphatic heterocycles. The summed E-state index contributed by atoms with van der Waals surface area (Å²) in [6, 6.07) is 6.98. The van der Waals surface area contributed by atoms with Crippen molar-refractivity contribution in [1.29, 1.82) is 0 Å². The van der Waals surface area contributed by atoms with E-state index in [0.717, 1.165) is 0 Å². The molecule has 102 valence electrons. The van der Waals surface area contributed by atoms with Crippen molar-refractivity contribution in [2.24, 2.45) is 0 Å². The summed E-state index contributed by atoms with van der Waals surface area (Å²) in [5, 5.41) is 0. The first-order chi connectivity index (χ1) is 9.18. The standard InChI is InChI=1S/C13H13BrO5/c14-10-4-2-1-3-9(10)11(15)7-19-13(16)12-8-17-5-6-18-12/h1-4,12H,5-8H2. The molecular weight excluding hydrogens is 316 g/mol. The molecule has 0 N–H and O–H groups in total. The van der Waals surface area contributed by atoms with E-state index in [-0.39, 0.29) is 19.0 Å². The van der Waals surface area contributed by atoms with E-state index in [1.54, 1.807) is 24.3 Å². The number of esters is 1. The Bertz CT molecular complexity index is 468. The molecule has 1 aromatic rings. The monoisotopic (exact) mass is 328 g/mol. The van der Waals surface area contributed by atoms with Crippen molar-refractivity contribution in [1.82, 2.24) is 0 Å². The van der Waals surface area contributed by atoms with Gasteiger partial charge < -0.3 is 14.2 Å². The number of benzene rings is 1. The molecule has 0 amide bonds. The fourth-order valence-corrected chi connectivity index (χ4v) is 2.12. The number of Topliss-reactive ketones (excluding diaryl/α,β-unsaturated/α-hetero) is 1. The van der Waals surface area contributed by atoms with E-state index in [2.05, 4.69) is 15.9 Å². The fraction of sp³-hybridized carbons (Fsp3) is 0.385. The van der Waals surface area contributed by atoms with Gasteiger partial charge in [0.1, 0.15) is 0 Å². The average molecular weight is 329 g/mol. The third kappa shape index (κ3) is 3.86. The minimum atomic E-state index is -0.735. The second-order valence-electron chi connectivity index (χ2n) is 3.95. The van der Waals surface area contributed by atoms with Gasteiger partial charge in [-0.15, -0.1) is 0 Å². The molecule has 1 atom stereocenters. The number of ketones is 1. The molecule has 1 saturated heterocycles. The number of carbonyl (C=O) groups is 2. The molecule has 5 nitrogen and oxygen atoms in total. The predicted molar refractivity (Wildman–Crippen MR) is 70.0 cm³/mol. The van der Waals surface area contributed by atoms with Gasteiger partial charge in [-0.25, -0.2) is 4.79 Å². The first kappa shape index (κ1) is 14.2. The number of carbonyl (C=O) groups excluding carboxylic acids is 2. The SMILES string of the molecule is O=C(COC(=O)C1COCCO1)c1ccccc1Br. The van der Waals surface area contributed by atoms with Gasteiger partial charge in [0.2, 0.25) is 5.78 Å². The maximum atomic E-state index is 11.9. The molecule has 1 heterocycles. The second-order valence-corrected chi connectivity index (χ2v) is 4.80. The summed E-state index contributed by atoms with van der Waals surface area (Å²) < 4.78 is 15.9. The van der Waals surface area contributed by atoms with E-state index in [1.165, 1.54) is 0 Å². The summed E-state index contributed by atoms with van der Waals surface area (Å²) in [4.78, 5) is 23.5. The highest BCUT2D eigenvalue weighted by molar-refractivity contribution is 9.10. The van der Waals surface area contributed by atoms with Crippen LogP contribution in [0.5, 0.6) is 0 Å². The minimum Gasteiger partial charge on any atom is -0.455 e. The van der Waals surface area contributed by atoms with Gasteiger partial charge in [-0.1, -0.05) is 34.1 Å². The third-order valence-corrected chi connectivity index (χ3v) is 3.29. The average Bonchev–Trinajstić information content (AvgIpc) is 2.46. The Morgan fingerprint density at radius 3 is 2.79 bits per heavy atom. The number of ether oxygens (including phenoxy) is 3. The molecule has 0 aliphatic carbocycles. The molecule has 0 aromatic heterocycles. The van der Waals surface area contributed by atoms with E-state index >= 15 is 0 Å². The zero-order chi connectivity index (χ0) is 13.7. The normalized spacial score (nSPS) is 18.9. The summed E-state index contributed by atoms with van der Waals surface area (Å²) in [5.41, 5.74) is 0.483. The Labute approximate surface area is 119 Å². The van der Waals surface area contributed by atoms with Crippen LogP contribution in [0.4, 0.5) is 0 Å². The summed E-state index contributed by atoms with van der Waals surface area (Å²) in [7, 11) is 0. The Balaban J connectivity index is 1.86. The van der Waals surface area contributed by atoms with Crippen LogP contribution in [0.2, 0.25) is 0 Å². The maximum Gasteiger partial charge on any atom is 0.338 e. The third-order valence-electron chi connectivity index (χ3n) is 2.60. The van der Waals surface area contributed by atoms with Crippen LogP contribution in [0.1, 0.15) is 10.4 Å². The van der Waals surface area contributed by atoms with E-state index in [1.807, 2.05) is 0 Å². The van der Waals surface area contributed by atoms with Crippen molar-refractivity contribution in [2.75, 3.05) is 26.4 Å². The zero-order valence-electron chi connectivity index (χ0n) is 10.1. The first-order valence-electron chi connectivity index (χ1n) is 5.82. The Hall–Kier alpha value is -1.24. The van der Waals surface area contributed by atoms with Crippen LogP contribution in [-0.2, 0) is 19.0 Å². The molecule has 6 heteroatoms. The Kier molecular flexibility index (Phi) is 5.07. The molecule has 0 spiro atoms. The lowest BCUT2D eigenvalue weighted by Gasteiger charge is -2.21. The van der Waals surface area contributed by atoms with Crippen LogP contribution in [0.3, 0.4) is 0 Å². The molecule has 1 fully saturated rings. The van der Waals surface area contributed by atoms with Crippen LogP contribution < -0.4 is 0 Å². The zero-order valence-corrected chi connectivity index (χ0v) is 11.7. The van der Waals surface area contributed by atoms with Crippen LogP contribution in [-0.4, -0.2) is 44.3 Å². The van der Waals surface area contributed by atoms with E-state index in [9.17, 15) is 9.59 Å². The van der Waals surface area contributed by atoms with Crippen LogP contribution in [0.15, 0.2) is 28.7 Å². The molecule has 1 aromatic carbocycles. The lowest BCUT2D eigenvalue weighted by atomic mass is 10.1. The van der Waals surface area contributed by atoms with Gasteiger partial charge in [-0.05, 0) is 6.07 Å². The molecule has 1 aliphatic rings. The lowest BCUT2D eigenvalue weighted by molar-refractivity contribution is -0.169. The van der Waals surface area contributed by atoms with Crippen molar-refractivity contribution in [2.45, 2.75) is 6.10 Å². The van der Waals surface area contributed by atoms with Gasteiger partial charge in [0.25, 0.3) is 0 Å². The van der Waals surface area contributed by atoms with Crippen molar-refractivity contribution in [3.05, 3.63) is 34.3 Å². The van der Waals surface area contributed by atoms with E-state index in [0.29, 0.717) is 23.2 Å². The summed E-state index contributed by atoms with van der Waals surface area (Å²) in [6.45, 7) is 0.695. The lowest BCUT2D eigenvalue weighted by Crippen LogP contribution is -2.37. The number of rotatable bonds is 4. The minimum absolute atomic E-state index is 0.169. The second kappa shape index (κ2) is 6.79. The Morgan fingerprint density at radius 1 is 1.32 bits per heavy atom. The van der Waals surface area contributed by atoms with Crippen LogP contribution in [0, 0.1) is 0 Å². The van der Waals surface area contributed by atoms with Crippen molar-refractivity contribution < 1.29 is 23.8 Å². The highest BCUT2D eigenvalue weighted by Gasteiger charge is 2.25. The molecule has 0 saturated carbocycles. The molecule has 19 heavy (non-hydrogen) atoms. The van der Waals surface area contributed by atoms with Crippen molar-refractivity contribution >= 4 is 27.7 Å². The van der Waals surface area contributed by atoms with E-state index < -0.39 is 12.1 Å². The smallest absolute Gasteiger partial charge is 0.338 e. The van der Waals surface area contributed by atoms with Crippen LogP contribution in [0.25, 0.3) is 0 Å².